The Labute approximate surface area is 129 Å². The number of carbonyl (C=O) groups is 1. The van der Waals surface area contributed by atoms with E-state index in [9.17, 15) is 4.79 Å². The topological polar surface area (TPSA) is 30.2 Å². The first-order chi connectivity index (χ1) is 10.2. The Balaban J connectivity index is 1.83. The third-order valence-electron chi connectivity index (χ3n) is 3.38. The van der Waals surface area contributed by atoms with Crippen LogP contribution in [0.25, 0.3) is 21.1 Å². The Kier molecular flexibility index (Phi) is 2.84. The van der Waals surface area contributed by atoms with E-state index in [4.69, 9.17) is 16.0 Å². The Morgan fingerprint density at radius 2 is 1.90 bits per heavy atom. The summed E-state index contributed by atoms with van der Waals surface area (Å²) in [6.45, 7) is 0. The Morgan fingerprint density at radius 3 is 2.71 bits per heavy atom. The lowest BCUT2D eigenvalue weighted by atomic mass is 10.2. The standard InChI is InChI=1S/C17H9ClO2S/c18-12-5-3-6-13-11(12)9-14(20-13)17(19)16-8-10-4-1-2-7-15(10)21-16/h1-9H. The number of halogens is 1. The number of carbonyl (C=O) groups excluding carboxylic acids is 1. The molecule has 0 unspecified atom stereocenters. The molecule has 0 aliphatic rings. The fourth-order valence-corrected chi connectivity index (χ4v) is 3.58. The van der Waals surface area contributed by atoms with Crippen LogP contribution in [0.4, 0.5) is 0 Å². The molecule has 21 heavy (non-hydrogen) atoms. The molecule has 2 heterocycles. The summed E-state index contributed by atoms with van der Waals surface area (Å²) in [5.41, 5.74) is 0.631. The average molecular weight is 313 g/mol. The quantitative estimate of drug-likeness (QED) is 0.455. The fraction of sp³-hybridized carbons (Fsp3) is 0. The van der Waals surface area contributed by atoms with Crippen molar-refractivity contribution >= 4 is 49.8 Å². The van der Waals surface area contributed by atoms with Crippen LogP contribution < -0.4 is 0 Å². The van der Waals surface area contributed by atoms with Crippen molar-refractivity contribution in [3.05, 3.63) is 70.3 Å². The summed E-state index contributed by atoms with van der Waals surface area (Å²) in [5.74, 6) is 0.216. The minimum absolute atomic E-state index is 0.108. The van der Waals surface area contributed by atoms with Gasteiger partial charge in [0.1, 0.15) is 5.58 Å². The third-order valence-corrected chi connectivity index (χ3v) is 4.83. The first-order valence-electron chi connectivity index (χ1n) is 6.44. The van der Waals surface area contributed by atoms with E-state index in [1.165, 1.54) is 11.3 Å². The second kappa shape index (κ2) is 4.72. The highest BCUT2D eigenvalue weighted by molar-refractivity contribution is 7.21. The van der Waals surface area contributed by atoms with Gasteiger partial charge in [0.2, 0.25) is 5.78 Å². The number of rotatable bonds is 2. The molecule has 0 aliphatic carbocycles. The van der Waals surface area contributed by atoms with Gasteiger partial charge in [-0.1, -0.05) is 35.9 Å². The lowest BCUT2D eigenvalue weighted by Crippen LogP contribution is -1.95. The molecule has 0 saturated carbocycles. The van der Waals surface area contributed by atoms with E-state index < -0.39 is 0 Å². The highest BCUT2D eigenvalue weighted by Crippen LogP contribution is 2.31. The predicted molar refractivity (Wildman–Crippen MR) is 86.5 cm³/mol. The molecule has 2 aromatic carbocycles. The number of hydrogen-bond acceptors (Lipinski definition) is 3. The van der Waals surface area contributed by atoms with Gasteiger partial charge in [-0.05, 0) is 35.7 Å². The van der Waals surface area contributed by atoms with Crippen LogP contribution in [0, 0.1) is 0 Å². The van der Waals surface area contributed by atoms with Gasteiger partial charge in [-0.2, -0.15) is 0 Å². The van der Waals surface area contributed by atoms with Gasteiger partial charge >= 0.3 is 0 Å². The van der Waals surface area contributed by atoms with Crippen LogP contribution >= 0.6 is 22.9 Å². The van der Waals surface area contributed by atoms with Crippen LogP contribution in [0.1, 0.15) is 15.4 Å². The number of benzene rings is 2. The summed E-state index contributed by atoms with van der Waals surface area (Å²) in [4.78, 5) is 13.2. The van der Waals surface area contributed by atoms with Crippen LogP contribution in [0.2, 0.25) is 5.02 Å². The normalized spacial score (nSPS) is 11.3. The summed E-state index contributed by atoms with van der Waals surface area (Å²) in [6.07, 6.45) is 0. The largest absolute Gasteiger partial charge is 0.452 e. The van der Waals surface area contributed by atoms with E-state index in [0.29, 0.717) is 21.2 Å². The second-order valence-corrected chi connectivity index (χ2v) is 6.23. The zero-order chi connectivity index (χ0) is 14.4. The van der Waals surface area contributed by atoms with Crippen LogP contribution in [-0.4, -0.2) is 5.78 Å². The molecule has 102 valence electrons. The summed E-state index contributed by atoms with van der Waals surface area (Å²) in [7, 11) is 0. The summed E-state index contributed by atoms with van der Waals surface area (Å²) < 4.78 is 6.73. The van der Waals surface area contributed by atoms with Crippen molar-refractivity contribution in [3.8, 4) is 0 Å². The maximum absolute atomic E-state index is 12.6. The highest BCUT2D eigenvalue weighted by Gasteiger charge is 2.18. The minimum atomic E-state index is -0.108. The van der Waals surface area contributed by atoms with Gasteiger partial charge in [-0.25, -0.2) is 0 Å². The van der Waals surface area contributed by atoms with Crippen molar-refractivity contribution in [2.45, 2.75) is 0 Å². The van der Waals surface area contributed by atoms with Crippen LogP contribution in [0.15, 0.2) is 59.0 Å². The number of fused-ring (bicyclic) bond motifs is 2. The Hall–Kier alpha value is -2.10. The smallest absolute Gasteiger partial charge is 0.238 e. The van der Waals surface area contributed by atoms with Gasteiger partial charge in [-0.15, -0.1) is 11.3 Å². The zero-order valence-electron chi connectivity index (χ0n) is 10.8. The molecule has 0 spiro atoms. The van der Waals surface area contributed by atoms with E-state index in [-0.39, 0.29) is 5.78 Å². The van der Waals surface area contributed by atoms with Crippen molar-refractivity contribution in [2.75, 3.05) is 0 Å². The molecule has 0 saturated heterocycles. The molecule has 0 fully saturated rings. The predicted octanol–water partition coefficient (Wildman–Crippen LogP) is 5.53. The van der Waals surface area contributed by atoms with Gasteiger partial charge < -0.3 is 4.42 Å². The molecule has 2 aromatic heterocycles. The molecular weight excluding hydrogens is 304 g/mol. The van der Waals surface area contributed by atoms with E-state index in [1.807, 2.05) is 42.5 Å². The van der Waals surface area contributed by atoms with E-state index >= 15 is 0 Å². The molecule has 4 aromatic rings. The molecule has 0 radical (unpaired) electrons. The van der Waals surface area contributed by atoms with Gasteiger partial charge in [0.25, 0.3) is 0 Å². The van der Waals surface area contributed by atoms with E-state index in [2.05, 4.69) is 0 Å². The molecule has 4 heteroatoms. The maximum atomic E-state index is 12.6. The van der Waals surface area contributed by atoms with Crippen LogP contribution in [0.5, 0.6) is 0 Å². The minimum Gasteiger partial charge on any atom is -0.452 e. The van der Waals surface area contributed by atoms with Crippen LogP contribution in [0.3, 0.4) is 0 Å². The van der Waals surface area contributed by atoms with Crippen molar-refractivity contribution in [3.63, 3.8) is 0 Å². The van der Waals surface area contributed by atoms with Gasteiger partial charge in [-0.3, -0.25) is 4.79 Å². The van der Waals surface area contributed by atoms with Crippen molar-refractivity contribution in [1.82, 2.24) is 0 Å². The zero-order valence-corrected chi connectivity index (χ0v) is 12.4. The molecule has 0 amide bonds. The molecule has 0 N–H and O–H groups in total. The molecule has 2 nitrogen and oxygen atoms in total. The fourth-order valence-electron chi connectivity index (χ4n) is 2.35. The van der Waals surface area contributed by atoms with Crippen molar-refractivity contribution in [2.24, 2.45) is 0 Å². The first-order valence-corrected chi connectivity index (χ1v) is 7.63. The first kappa shape index (κ1) is 12.6. The molecule has 0 atom stereocenters. The van der Waals surface area contributed by atoms with Gasteiger partial charge in [0.05, 0.1) is 9.90 Å². The summed E-state index contributed by atoms with van der Waals surface area (Å²) in [6, 6.07) is 16.9. The molecule has 4 rings (SSSR count). The van der Waals surface area contributed by atoms with Gasteiger partial charge in [0, 0.05) is 10.1 Å². The summed E-state index contributed by atoms with van der Waals surface area (Å²) >= 11 is 7.59. The van der Waals surface area contributed by atoms with Gasteiger partial charge in [0.15, 0.2) is 5.76 Å². The van der Waals surface area contributed by atoms with Crippen molar-refractivity contribution in [1.29, 1.82) is 0 Å². The molecular formula is C17H9ClO2S. The number of ketones is 1. The van der Waals surface area contributed by atoms with Crippen LogP contribution in [-0.2, 0) is 0 Å². The number of thiophene rings is 1. The maximum Gasteiger partial charge on any atom is 0.238 e. The Bertz CT molecular complexity index is 948. The second-order valence-electron chi connectivity index (χ2n) is 4.74. The molecule has 0 bridgehead atoms. The third kappa shape index (κ3) is 2.06. The lowest BCUT2D eigenvalue weighted by Gasteiger charge is -1.90. The van der Waals surface area contributed by atoms with E-state index in [0.717, 1.165) is 15.5 Å². The van der Waals surface area contributed by atoms with E-state index in [1.54, 1.807) is 12.1 Å². The average Bonchev–Trinajstić information content (AvgIpc) is 3.11. The number of hydrogen-bond donors (Lipinski definition) is 0. The highest BCUT2D eigenvalue weighted by atomic mass is 35.5. The Morgan fingerprint density at radius 1 is 1.05 bits per heavy atom. The summed E-state index contributed by atoms with van der Waals surface area (Å²) in [5, 5.41) is 2.43. The SMILES string of the molecule is O=C(c1cc2c(Cl)cccc2o1)c1cc2ccccc2s1. The number of furan rings is 1. The van der Waals surface area contributed by atoms with Crippen molar-refractivity contribution < 1.29 is 9.21 Å². The monoisotopic (exact) mass is 312 g/mol. The lowest BCUT2D eigenvalue weighted by molar-refractivity contribution is 0.101. The molecule has 0 aliphatic heterocycles.